The van der Waals surface area contributed by atoms with Gasteiger partial charge in [-0.05, 0) is 36.3 Å². The van der Waals surface area contributed by atoms with Crippen molar-refractivity contribution < 1.29 is 4.79 Å². The first kappa shape index (κ1) is 22.3. The van der Waals surface area contributed by atoms with E-state index in [0.29, 0.717) is 16.6 Å². The third-order valence-corrected chi connectivity index (χ3v) is 6.52. The Labute approximate surface area is 201 Å². The van der Waals surface area contributed by atoms with Crippen molar-refractivity contribution in [1.82, 2.24) is 10.3 Å². The van der Waals surface area contributed by atoms with Gasteiger partial charge in [0.05, 0.1) is 15.7 Å². The van der Waals surface area contributed by atoms with Crippen molar-refractivity contribution in [1.29, 1.82) is 0 Å². The van der Waals surface area contributed by atoms with E-state index in [1.807, 2.05) is 24.3 Å². The summed E-state index contributed by atoms with van der Waals surface area (Å²) < 4.78 is 0. The minimum absolute atomic E-state index is 0.178. The number of benzene rings is 3. The lowest BCUT2D eigenvalue weighted by molar-refractivity contribution is -0.116. The highest BCUT2D eigenvalue weighted by Crippen LogP contribution is 2.29. The molecule has 0 spiro atoms. The van der Waals surface area contributed by atoms with Crippen LogP contribution < -0.4 is 5.32 Å². The van der Waals surface area contributed by atoms with Crippen LogP contribution >= 0.6 is 34.5 Å². The number of aromatic nitrogens is 1. The van der Waals surface area contributed by atoms with Gasteiger partial charge in [-0.2, -0.15) is 0 Å². The first-order chi connectivity index (χ1) is 15.5. The first-order valence-corrected chi connectivity index (χ1v) is 11.6. The second-order valence-electron chi connectivity index (χ2n) is 7.33. The lowest BCUT2D eigenvalue weighted by atomic mass is 10.1. The molecule has 4 aromatic rings. The Kier molecular flexibility index (Phi) is 7.05. The minimum atomic E-state index is -0.178. The topological polar surface area (TPSA) is 42.0 Å². The van der Waals surface area contributed by atoms with Gasteiger partial charge in [-0.15, -0.1) is 11.3 Å². The number of carbonyl (C=O) groups excluding carboxylic acids is 1. The first-order valence-electron chi connectivity index (χ1n) is 10.0. The van der Waals surface area contributed by atoms with Crippen molar-refractivity contribution in [2.24, 2.45) is 0 Å². The lowest BCUT2D eigenvalue weighted by Gasteiger charge is -2.04. The highest BCUT2D eigenvalue weighted by Gasteiger charge is 2.07. The zero-order valence-electron chi connectivity index (χ0n) is 17.3. The standard InChI is InChI=1S/C26H20Cl2N2OS/c1-17-2-8-20(9-3-17)24-16-32-26(30-24)21-10-4-19(5-11-21)15-29-25(31)13-7-18-6-12-22(27)23(28)14-18/h2-14,16H,15H2,1H3,(H,29,31)/b13-7+. The number of nitrogens with one attached hydrogen (secondary N) is 1. The van der Waals surface area contributed by atoms with Gasteiger partial charge >= 0.3 is 0 Å². The Hall–Kier alpha value is -2.92. The molecule has 0 bridgehead atoms. The maximum Gasteiger partial charge on any atom is 0.244 e. The van der Waals surface area contributed by atoms with Crippen LogP contribution in [0.2, 0.25) is 10.0 Å². The number of rotatable bonds is 6. The Morgan fingerprint density at radius 2 is 1.69 bits per heavy atom. The maximum atomic E-state index is 12.1. The Morgan fingerprint density at radius 1 is 0.969 bits per heavy atom. The molecule has 0 saturated heterocycles. The van der Waals surface area contributed by atoms with E-state index >= 15 is 0 Å². The zero-order chi connectivity index (χ0) is 22.5. The van der Waals surface area contributed by atoms with Crippen LogP contribution in [0.25, 0.3) is 27.9 Å². The van der Waals surface area contributed by atoms with E-state index in [1.54, 1.807) is 35.6 Å². The average Bonchev–Trinajstić information content (AvgIpc) is 3.29. The molecule has 32 heavy (non-hydrogen) atoms. The fraction of sp³-hybridized carbons (Fsp3) is 0.0769. The molecule has 1 N–H and O–H groups in total. The van der Waals surface area contributed by atoms with Crippen molar-refractivity contribution in [2.45, 2.75) is 13.5 Å². The van der Waals surface area contributed by atoms with Crippen LogP contribution in [0.1, 0.15) is 16.7 Å². The maximum absolute atomic E-state index is 12.1. The lowest BCUT2D eigenvalue weighted by Crippen LogP contribution is -2.20. The summed E-state index contributed by atoms with van der Waals surface area (Å²) in [6, 6.07) is 21.7. The normalized spacial score (nSPS) is 11.1. The number of nitrogens with zero attached hydrogens (tertiary/aromatic N) is 1. The van der Waals surface area contributed by atoms with E-state index in [2.05, 4.69) is 41.9 Å². The molecule has 1 aromatic heterocycles. The largest absolute Gasteiger partial charge is 0.348 e. The third-order valence-electron chi connectivity index (χ3n) is 4.89. The van der Waals surface area contributed by atoms with Crippen molar-refractivity contribution in [2.75, 3.05) is 0 Å². The fourth-order valence-corrected chi connectivity index (χ4v) is 4.21. The zero-order valence-corrected chi connectivity index (χ0v) is 19.6. The molecule has 1 heterocycles. The molecule has 0 aliphatic heterocycles. The molecule has 3 nitrogen and oxygen atoms in total. The molecule has 0 aliphatic carbocycles. The second kappa shape index (κ2) is 10.1. The van der Waals surface area contributed by atoms with Crippen molar-refractivity contribution in [3.63, 3.8) is 0 Å². The van der Waals surface area contributed by atoms with E-state index < -0.39 is 0 Å². The van der Waals surface area contributed by atoms with Crippen LogP contribution in [0.15, 0.2) is 78.2 Å². The van der Waals surface area contributed by atoms with Crippen LogP contribution in [0.3, 0.4) is 0 Å². The quantitative estimate of drug-likeness (QED) is 0.293. The Morgan fingerprint density at radius 3 is 2.41 bits per heavy atom. The number of carbonyl (C=O) groups is 1. The molecular weight excluding hydrogens is 459 g/mol. The molecule has 0 saturated carbocycles. The van der Waals surface area contributed by atoms with E-state index in [-0.39, 0.29) is 5.91 Å². The smallest absolute Gasteiger partial charge is 0.244 e. The van der Waals surface area contributed by atoms with Gasteiger partial charge in [-0.25, -0.2) is 4.98 Å². The summed E-state index contributed by atoms with van der Waals surface area (Å²) in [5, 5.41) is 6.88. The number of hydrogen-bond acceptors (Lipinski definition) is 3. The Balaban J connectivity index is 1.35. The summed E-state index contributed by atoms with van der Waals surface area (Å²) in [7, 11) is 0. The minimum Gasteiger partial charge on any atom is -0.348 e. The summed E-state index contributed by atoms with van der Waals surface area (Å²) in [6.07, 6.45) is 3.19. The van der Waals surface area contributed by atoms with Crippen LogP contribution in [0.5, 0.6) is 0 Å². The van der Waals surface area contributed by atoms with Gasteiger partial charge in [-0.1, -0.05) is 83.4 Å². The van der Waals surface area contributed by atoms with Gasteiger partial charge in [0.1, 0.15) is 5.01 Å². The molecule has 0 fully saturated rings. The molecule has 3 aromatic carbocycles. The van der Waals surface area contributed by atoms with Gasteiger partial charge < -0.3 is 5.32 Å². The highest BCUT2D eigenvalue weighted by molar-refractivity contribution is 7.13. The number of aryl methyl sites for hydroxylation is 1. The van der Waals surface area contributed by atoms with Crippen LogP contribution in [-0.4, -0.2) is 10.9 Å². The van der Waals surface area contributed by atoms with E-state index in [9.17, 15) is 4.79 Å². The number of thiazole rings is 1. The molecule has 160 valence electrons. The van der Waals surface area contributed by atoms with Crippen molar-refractivity contribution >= 4 is 46.5 Å². The molecular formula is C26H20Cl2N2OS. The summed E-state index contributed by atoms with van der Waals surface area (Å²) in [4.78, 5) is 16.9. The SMILES string of the molecule is Cc1ccc(-c2csc(-c3ccc(CNC(=O)/C=C/c4ccc(Cl)c(Cl)c4)cc3)n2)cc1. The molecule has 0 unspecified atom stereocenters. The van der Waals surface area contributed by atoms with Gasteiger partial charge in [0.15, 0.2) is 0 Å². The molecule has 0 radical (unpaired) electrons. The number of hydrogen-bond donors (Lipinski definition) is 1. The van der Waals surface area contributed by atoms with Gasteiger partial charge in [-0.3, -0.25) is 4.79 Å². The predicted molar refractivity (Wildman–Crippen MR) is 135 cm³/mol. The highest BCUT2D eigenvalue weighted by atomic mass is 35.5. The fourth-order valence-electron chi connectivity index (χ4n) is 3.06. The van der Waals surface area contributed by atoms with Crippen molar-refractivity contribution in [3.8, 4) is 21.8 Å². The monoisotopic (exact) mass is 478 g/mol. The summed E-state index contributed by atoms with van der Waals surface area (Å²) in [5.41, 5.74) is 6.22. The summed E-state index contributed by atoms with van der Waals surface area (Å²) in [5.74, 6) is -0.178. The predicted octanol–water partition coefficient (Wildman–Crippen LogP) is 7.42. The molecule has 0 atom stereocenters. The van der Waals surface area contributed by atoms with Gasteiger partial charge in [0.2, 0.25) is 5.91 Å². The van der Waals surface area contributed by atoms with E-state index in [1.165, 1.54) is 11.6 Å². The van der Waals surface area contributed by atoms with Crippen molar-refractivity contribution in [3.05, 3.63) is 105 Å². The van der Waals surface area contributed by atoms with Crippen LogP contribution in [-0.2, 0) is 11.3 Å². The average molecular weight is 479 g/mol. The van der Waals surface area contributed by atoms with E-state index in [4.69, 9.17) is 28.2 Å². The van der Waals surface area contributed by atoms with Gasteiger partial charge in [0, 0.05) is 29.1 Å². The van der Waals surface area contributed by atoms with E-state index in [0.717, 1.165) is 33.0 Å². The number of halogens is 2. The third kappa shape index (κ3) is 5.65. The molecule has 6 heteroatoms. The summed E-state index contributed by atoms with van der Waals surface area (Å²) >= 11 is 13.5. The second-order valence-corrected chi connectivity index (χ2v) is 9.00. The number of amides is 1. The Bertz CT molecular complexity index is 1260. The van der Waals surface area contributed by atoms with Crippen LogP contribution in [0.4, 0.5) is 0 Å². The molecule has 0 aliphatic rings. The molecule has 4 rings (SSSR count). The summed E-state index contributed by atoms with van der Waals surface area (Å²) in [6.45, 7) is 2.52. The molecule has 1 amide bonds. The van der Waals surface area contributed by atoms with Gasteiger partial charge in [0.25, 0.3) is 0 Å². The van der Waals surface area contributed by atoms with Crippen LogP contribution in [0, 0.1) is 6.92 Å².